The molecule has 3 fully saturated rings. The number of hydrogen-bond donors (Lipinski definition) is 2. The first kappa shape index (κ1) is 29.8. The van der Waals surface area contributed by atoms with Gasteiger partial charge in [-0.1, -0.05) is 17.2 Å². The molecule has 1 aromatic carbocycles. The van der Waals surface area contributed by atoms with E-state index in [0.717, 1.165) is 39.1 Å². The van der Waals surface area contributed by atoms with Gasteiger partial charge in [0.1, 0.15) is 11.1 Å². The number of amides is 1. The van der Waals surface area contributed by atoms with E-state index >= 15 is 0 Å². The van der Waals surface area contributed by atoms with E-state index in [-0.39, 0.29) is 12.8 Å². The number of carbonyl (C=O) groups excluding carboxylic acids is 1. The van der Waals surface area contributed by atoms with Crippen molar-refractivity contribution in [2.45, 2.75) is 90.4 Å². The number of H-pyrrole nitrogens is 1. The Balaban J connectivity index is 1.25. The molecule has 6 rings (SSSR count). The van der Waals surface area contributed by atoms with Crippen molar-refractivity contribution in [2.75, 3.05) is 45.9 Å². The zero-order valence-electron chi connectivity index (χ0n) is 26.0. The fourth-order valence-corrected chi connectivity index (χ4v) is 8.77. The highest BCUT2D eigenvalue weighted by Crippen LogP contribution is 2.44. The molecule has 3 aromatic rings. The standard InChI is InChI=1S/C34H48N4O3S/c1-22-18-23(2)20-25(19-22)31-28(10-11-36-12-14-37(15-13-36)24(3)41-17-16-39)29-21-30(42-32(29)35-31)34(4,5)33(40)38-26-6-7-27(38)9-8-26/h18-21,24,26-27,35,39H,6-17H2,1-5H3. The number of rotatable bonds is 10. The second kappa shape index (κ2) is 12.0. The van der Waals surface area contributed by atoms with E-state index in [4.69, 9.17) is 9.84 Å². The quantitative estimate of drug-likeness (QED) is 0.327. The van der Waals surface area contributed by atoms with Crippen molar-refractivity contribution in [3.05, 3.63) is 45.8 Å². The predicted molar refractivity (Wildman–Crippen MR) is 171 cm³/mol. The maximum Gasteiger partial charge on any atom is 0.233 e. The van der Waals surface area contributed by atoms with E-state index in [1.807, 2.05) is 0 Å². The fraction of sp³-hybridized carbons (Fsp3) is 0.618. The Morgan fingerprint density at radius 2 is 1.69 bits per heavy atom. The van der Waals surface area contributed by atoms with Gasteiger partial charge in [-0.05, 0) is 96.0 Å². The smallest absolute Gasteiger partial charge is 0.233 e. The van der Waals surface area contributed by atoms with Crippen molar-refractivity contribution in [3.8, 4) is 11.3 Å². The molecule has 3 aliphatic rings. The van der Waals surface area contributed by atoms with Crippen LogP contribution in [0.15, 0.2) is 24.3 Å². The van der Waals surface area contributed by atoms with Crippen LogP contribution in [-0.2, 0) is 21.4 Å². The molecule has 7 nitrogen and oxygen atoms in total. The number of ether oxygens (including phenoxy) is 1. The number of aliphatic hydroxyl groups excluding tert-OH is 1. The Morgan fingerprint density at radius 1 is 1.05 bits per heavy atom. The van der Waals surface area contributed by atoms with Gasteiger partial charge in [0.05, 0.1) is 24.3 Å². The van der Waals surface area contributed by atoms with Crippen molar-refractivity contribution >= 4 is 27.5 Å². The maximum atomic E-state index is 13.9. The molecule has 5 heterocycles. The molecule has 2 N–H and O–H groups in total. The molecule has 228 valence electrons. The first-order valence-corrected chi connectivity index (χ1v) is 16.7. The summed E-state index contributed by atoms with van der Waals surface area (Å²) in [5.74, 6) is 0.308. The molecule has 0 radical (unpaired) electrons. The number of fused-ring (bicyclic) bond motifs is 3. The Morgan fingerprint density at radius 3 is 2.31 bits per heavy atom. The van der Waals surface area contributed by atoms with Gasteiger partial charge in [-0.2, -0.15) is 0 Å². The summed E-state index contributed by atoms with van der Waals surface area (Å²) in [5, 5.41) is 10.4. The minimum atomic E-state index is -0.530. The van der Waals surface area contributed by atoms with E-state index in [1.54, 1.807) is 11.3 Å². The fourth-order valence-electron chi connectivity index (χ4n) is 7.59. The van der Waals surface area contributed by atoms with Crippen molar-refractivity contribution in [1.29, 1.82) is 0 Å². The Labute approximate surface area is 254 Å². The van der Waals surface area contributed by atoms with Crippen molar-refractivity contribution < 1.29 is 14.6 Å². The SMILES string of the molecule is Cc1cc(C)cc(-c2[nH]c3sc(C(C)(C)C(=O)N4C5CCC4CC5)cc3c2CCN2CCN(C(C)OCCO)CC2)c1. The number of aromatic nitrogens is 1. The van der Waals surface area contributed by atoms with Gasteiger partial charge >= 0.3 is 0 Å². The first-order valence-electron chi connectivity index (χ1n) is 15.9. The van der Waals surface area contributed by atoms with Gasteiger partial charge in [-0.3, -0.25) is 9.69 Å². The van der Waals surface area contributed by atoms with Gasteiger partial charge in [0, 0.05) is 55.1 Å². The molecule has 1 amide bonds. The number of aromatic amines is 1. The first-order chi connectivity index (χ1) is 20.2. The summed E-state index contributed by atoms with van der Waals surface area (Å²) in [6, 6.07) is 10.0. The van der Waals surface area contributed by atoms with Gasteiger partial charge in [-0.25, -0.2) is 0 Å². The summed E-state index contributed by atoms with van der Waals surface area (Å²) in [5.41, 5.74) is 5.85. The van der Waals surface area contributed by atoms with Crippen LogP contribution in [-0.4, -0.2) is 94.9 Å². The molecule has 1 atom stereocenters. The van der Waals surface area contributed by atoms with E-state index in [0.29, 0.717) is 24.6 Å². The van der Waals surface area contributed by atoms with E-state index < -0.39 is 5.41 Å². The maximum absolute atomic E-state index is 13.9. The summed E-state index contributed by atoms with van der Waals surface area (Å²) >= 11 is 1.77. The van der Waals surface area contributed by atoms with Gasteiger partial charge in [0.2, 0.25) is 5.91 Å². The lowest BCUT2D eigenvalue weighted by molar-refractivity contribution is -0.137. The Bertz CT molecular complexity index is 1380. The number of benzene rings is 1. The van der Waals surface area contributed by atoms with Crippen LogP contribution in [0.2, 0.25) is 0 Å². The van der Waals surface area contributed by atoms with E-state index in [2.05, 4.69) is 78.6 Å². The van der Waals surface area contributed by atoms with Crippen LogP contribution in [0, 0.1) is 13.8 Å². The number of thiophene rings is 1. The molecule has 3 saturated heterocycles. The normalized spacial score (nSPS) is 22.5. The van der Waals surface area contributed by atoms with Gasteiger partial charge < -0.3 is 24.6 Å². The topological polar surface area (TPSA) is 72.0 Å². The molecule has 0 aliphatic carbocycles. The molecular weight excluding hydrogens is 544 g/mol. The van der Waals surface area contributed by atoms with Crippen LogP contribution in [0.4, 0.5) is 0 Å². The monoisotopic (exact) mass is 592 g/mol. The third-order valence-electron chi connectivity index (χ3n) is 10.00. The summed E-state index contributed by atoms with van der Waals surface area (Å²) < 4.78 is 5.74. The lowest BCUT2D eigenvalue weighted by Crippen LogP contribution is -2.50. The zero-order chi connectivity index (χ0) is 29.6. The van der Waals surface area contributed by atoms with Gasteiger partial charge in [-0.15, -0.1) is 11.3 Å². The number of aliphatic hydroxyl groups is 1. The lowest BCUT2D eigenvalue weighted by Gasteiger charge is -2.37. The number of carbonyl (C=O) groups is 1. The molecule has 8 heteroatoms. The highest BCUT2D eigenvalue weighted by atomic mass is 32.1. The highest BCUT2D eigenvalue weighted by molar-refractivity contribution is 7.19. The minimum absolute atomic E-state index is 0.0332. The van der Waals surface area contributed by atoms with E-state index in [9.17, 15) is 4.79 Å². The van der Waals surface area contributed by atoms with Crippen LogP contribution >= 0.6 is 11.3 Å². The molecular formula is C34H48N4O3S. The third-order valence-corrected chi connectivity index (χ3v) is 11.4. The average molecular weight is 593 g/mol. The largest absolute Gasteiger partial charge is 0.394 e. The number of nitrogens with zero attached hydrogens (tertiary/aromatic N) is 3. The molecule has 42 heavy (non-hydrogen) atoms. The van der Waals surface area contributed by atoms with Crippen LogP contribution in [0.25, 0.3) is 21.5 Å². The van der Waals surface area contributed by atoms with Crippen molar-refractivity contribution in [2.24, 2.45) is 0 Å². The second-order valence-electron chi connectivity index (χ2n) is 13.3. The predicted octanol–water partition coefficient (Wildman–Crippen LogP) is 5.46. The second-order valence-corrected chi connectivity index (χ2v) is 14.4. The molecule has 0 spiro atoms. The molecule has 3 aliphatic heterocycles. The number of aryl methyl sites for hydroxylation is 2. The lowest BCUT2D eigenvalue weighted by atomic mass is 9.88. The number of hydrogen-bond acceptors (Lipinski definition) is 6. The Hall–Kier alpha value is -2.23. The van der Waals surface area contributed by atoms with Crippen LogP contribution in [0.1, 0.15) is 68.0 Å². The van der Waals surface area contributed by atoms with Crippen LogP contribution in [0.5, 0.6) is 0 Å². The van der Waals surface area contributed by atoms with Crippen LogP contribution in [0.3, 0.4) is 0 Å². The summed E-state index contributed by atoms with van der Waals surface area (Å²) in [4.78, 5) is 27.3. The number of piperazine rings is 1. The van der Waals surface area contributed by atoms with Crippen LogP contribution < -0.4 is 0 Å². The highest BCUT2D eigenvalue weighted by Gasteiger charge is 2.47. The molecule has 2 bridgehead atoms. The zero-order valence-corrected chi connectivity index (χ0v) is 26.9. The van der Waals surface area contributed by atoms with Gasteiger partial charge in [0.25, 0.3) is 0 Å². The molecule has 2 aromatic heterocycles. The molecule has 1 unspecified atom stereocenters. The van der Waals surface area contributed by atoms with Crippen molar-refractivity contribution in [1.82, 2.24) is 19.7 Å². The summed E-state index contributed by atoms with van der Waals surface area (Å²) in [6.07, 6.45) is 5.67. The summed E-state index contributed by atoms with van der Waals surface area (Å²) in [6.45, 7) is 16.1. The average Bonchev–Trinajstić information content (AvgIpc) is 3.74. The number of nitrogens with one attached hydrogen (secondary N) is 1. The van der Waals surface area contributed by atoms with Gasteiger partial charge in [0.15, 0.2) is 0 Å². The van der Waals surface area contributed by atoms with E-state index in [1.165, 1.54) is 68.7 Å². The third kappa shape index (κ3) is 5.69. The summed E-state index contributed by atoms with van der Waals surface area (Å²) in [7, 11) is 0. The Kier molecular flexibility index (Phi) is 8.55. The molecule has 0 saturated carbocycles. The van der Waals surface area contributed by atoms with Crippen molar-refractivity contribution in [3.63, 3.8) is 0 Å². The minimum Gasteiger partial charge on any atom is -0.394 e.